The summed E-state index contributed by atoms with van der Waals surface area (Å²) in [6.45, 7) is 3.19. The van der Waals surface area contributed by atoms with Crippen LogP contribution in [0.1, 0.15) is 12.5 Å². The Kier molecular flexibility index (Phi) is 5.35. The van der Waals surface area contributed by atoms with E-state index in [0.29, 0.717) is 5.75 Å². The van der Waals surface area contributed by atoms with Gasteiger partial charge in [-0.05, 0) is 47.5 Å². The van der Waals surface area contributed by atoms with E-state index in [1.54, 1.807) is 13.0 Å². The van der Waals surface area contributed by atoms with Crippen LogP contribution in [0, 0.1) is 6.92 Å². The van der Waals surface area contributed by atoms with Gasteiger partial charge in [-0.25, -0.2) is 0 Å². The van der Waals surface area contributed by atoms with Gasteiger partial charge in [0.25, 0.3) is 5.91 Å². The summed E-state index contributed by atoms with van der Waals surface area (Å²) in [5.41, 5.74) is 1.07. The van der Waals surface area contributed by atoms with Crippen LogP contribution in [-0.4, -0.2) is 41.6 Å². The molecule has 1 amide bonds. The molecule has 0 bridgehead atoms. The van der Waals surface area contributed by atoms with E-state index in [2.05, 4.69) is 15.9 Å². The molecule has 1 unspecified atom stereocenters. The van der Waals surface area contributed by atoms with Gasteiger partial charge < -0.3 is 14.7 Å². The lowest BCUT2D eigenvalue weighted by atomic mass is 10.2. The topological polar surface area (TPSA) is 66.8 Å². The highest BCUT2D eigenvalue weighted by molar-refractivity contribution is 9.10. The third-order valence-electron chi connectivity index (χ3n) is 2.49. The first-order valence-corrected chi connectivity index (χ1v) is 6.50. The van der Waals surface area contributed by atoms with Gasteiger partial charge >= 0.3 is 5.97 Å². The number of hydrogen-bond acceptors (Lipinski definition) is 3. The number of hydrogen-bond donors (Lipinski definition) is 1. The summed E-state index contributed by atoms with van der Waals surface area (Å²) in [7, 11) is 1.43. The lowest BCUT2D eigenvalue weighted by Gasteiger charge is -2.21. The second-order valence-electron chi connectivity index (χ2n) is 4.28. The first-order chi connectivity index (χ1) is 8.81. The number of carbonyl (C=O) groups excluding carboxylic acids is 1. The van der Waals surface area contributed by atoms with E-state index < -0.39 is 12.1 Å². The van der Waals surface area contributed by atoms with E-state index in [-0.39, 0.29) is 12.5 Å². The monoisotopic (exact) mass is 329 g/mol. The van der Waals surface area contributed by atoms with Gasteiger partial charge in [-0.1, -0.05) is 6.07 Å². The van der Waals surface area contributed by atoms with Gasteiger partial charge in [0.2, 0.25) is 0 Å². The number of nitrogens with zero attached hydrogens (tertiary/aromatic N) is 1. The minimum Gasteiger partial charge on any atom is -0.480 e. The maximum atomic E-state index is 11.9. The SMILES string of the molecule is Cc1ccc(OC(C)C(=O)N(C)CC(=O)O)c(Br)c1. The van der Waals surface area contributed by atoms with Crippen LogP contribution in [0.2, 0.25) is 0 Å². The van der Waals surface area contributed by atoms with Crippen molar-refractivity contribution in [2.45, 2.75) is 20.0 Å². The number of rotatable bonds is 5. The number of aryl methyl sites for hydroxylation is 1. The Morgan fingerprint density at radius 3 is 2.63 bits per heavy atom. The highest BCUT2D eigenvalue weighted by Gasteiger charge is 2.21. The van der Waals surface area contributed by atoms with Crippen LogP contribution in [0.4, 0.5) is 0 Å². The zero-order chi connectivity index (χ0) is 14.6. The molecule has 1 rings (SSSR count). The van der Waals surface area contributed by atoms with Crippen molar-refractivity contribution in [2.75, 3.05) is 13.6 Å². The quantitative estimate of drug-likeness (QED) is 0.897. The Labute approximate surface area is 120 Å². The standard InChI is InChI=1S/C13H16BrNO4/c1-8-4-5-11(10(14)6-8)19-9(2)13(18)15(3)7-12(16)17/h4-6,9H,7H2,1-3H3,(H,16,17). The molecule has 0 spiro atoms. The second kappa shape index (κ2) is 6.56. The zero-order valence-electron chi connectivity index (χ0n) is 11.0. The molecule has 0 aliphatic rings. The van der Waals surface area contributed by atoms with Crippen LogP contribution in [-0.2, 0) is 9.59 Å². The molecule has 6 heteroatoms. The molecule has 104 valence electrons. The van der Waals surface area contributed by atoms with Crippen molar-refractivity contribution in [1.82, 2.24) is 4.90 Å². The molecular weight excluding hydrogens is 314 g/mol. The van der Waals surface area contributed by atoms with E-state index in [1.807, 2.05) is 19.1 Å². The van der Waals surface area contributed by atoms with Gasteiger partial charge in [0, 0.05) is 7.05 Å². The van der Waals surface area contributed by atoms with Gasteiger partial charge in [0.15, 0.2) is 6.10 Å². The summed E-state index contributed by atoms with van der Waals surface area (Å²) in [6.07, 6.45) is -0.747. The van der Waals surface area contributed by atoms with Crippen LogP contribution in [0.5, 0.6) is 5.75 Å². The number of halogens is 1. The maximum absolute atomic E-state index is 11.9. The van der Waals surface area contributed by atoms with E-state index in [0.717, 1.165) is 14.9 Å². The van der Waals surface area contributed by atoms with Crippen molar-refractivity contribution in [3.63, 3.8) is 0 Å². The highest BCUT2D eigenvalue weighted by Crippen LogP contribution is 2.26. The largest absolute Gasteiger partial charge is 0.480 e. The van der Waals surface area contributed by atoms with E-state index in [9.17, 15) is 9.59 Å². The first kappa shape index (κ1) is 15.5. The summed E-state index contributed by atoms with van der Waals surface area (Å²) < 4.78 is 6.29. The minimum atomic E-state index is -1.06. The summed E-state index contributed by atoms with van der Waals surface area (Å²) in [6, 6.07) is 5.52. The summed E-state index contributed by atoms with van der Waals surface area (Å²) in [4.78, 5) is 23.5. The third kappa shape index (κ3) is 4.55. The van der Waals surface area contributed by atoms with Gasteiger partial charge in [-0.3, -0.25) is 9.59 Å². The molecule has 0 aliphatic heterocycles. The van der Waals surface area contributed by atoms with Crippen molar-refractivity contribution in [3.8, 4) is 5.75 Å². The molecule has 1 aromatic rings. The predicted octanol–water partition coefficient (Wildman–Crippen LogP) is 2.07. The number of aliphatic carboxylic acids is 1. The van der Waals surface area contributed by atoms with Gasteiger partial charge in [0.05, 0.1) is 4.47 Å². The fourth-order valence-corrected chi connectivity index (χ4v) is 2.12. The molecule has 0 aromatic heterocycles. The molecule has 0 aliphatic carbocycles. The van der Waals surface area contributed by atoms with Gasteiger partial charge in [0.1, 0.15) is 12.3 Å². The molecule has 1 N–H and O–H groups in total. The van der Waals surface area contributed by atoms with Crippen molar-refractivity contribution >= 4 is 27.8 Å². The van der Waals surface area contributed by atoms with Crippen LogP contribution in [0.15, 0.2) is 22.7 Å². The lowest BCUT2D eigenvalue weighted by molar-refractivity contribution is -0.146. The predicted molar refractivity (Wildman–Crippen MR) is 74.2 cm³/mol. The number of amides is 1. The Hall–Kier alpha value is -1.56. The molecule has 0 radical (unpaired) electrons. The Morgan fingerprint density at radius 2 is 2.11 bits per heavy atom. The number of ether oxygens (including phenoxy) is 1. The zero-order valence-corrected chi connectivity index (χ0v) is 12.6. The van der Waals surface area contributed by atoms with Crippen LogP contribution >= 0.6 is 15.9 Å². The van der Waals surface area contributed by atoms with Crippen molar-refractivity contribution in [2.24, 2.45) is 0 Å². The van der Waals surface area contributed by atoms with E-state index >= 15 is 0 Å². The fraction of sp³-hybridized carbons (Fsp3) is 0.385. The lowest BCUT2D eigenvalue weighted by Crippen LogP contribution is -2.40. The number of likely N-dealkylation sites (N-methyl/N-ethyl adjacent to an activating group) is 1. The molecule has 19 heavy (non-hydrogen) atoms. The number of carbonyl (C=O) groups is 2. The van der Waals surface area contributed by atoms with Crippen LogP contribution in [0.25, 0.3) is 0 Å². The first-order valence-electron chi connectivity index (χ1n) is 5.71. The maximum Gasteiger partial charge on any atom is 0.323 e. The summed E-state index contributed by atoms with van der Waals surface area (Å²) in [5.74, 6) is -0.885. The summed E-state index contributed by atoms with van der Waals surface area (Å²) in [5, 5.41) is 8.64. The molecule has 0 heterocycles. The second-order valence-corrected chi connectivity index (χ2v) is 5.14. The molecule has 0 fully saturated rings. The smallest absolute Gasteiger partial charge is 0.323 e. The average molecular weight is 330 g/mol. The molecule has 0 saturated carbocycles. The Balaban J connectivity index is 2.70. The van der Waals surface area contributed by atoms with Gasteiger partial charge in [-0.15, -0.1) is 0 Å². The molecule has 5 nitrogen and oxygen atoms in total. The number of carboxylic acids is 1. The van der Waals surface area contributed by atoms with Gasteiger partial charge in [-0.2, -0.15) is 0 Å². The third-order valence-corrected chi connectivity index (χ3v) is 3.11. The summed E-state index contributed by atoms with van der Waals surface area (Å²) >= 11 is 3.36. The molecular formula is C13H16BrNO4. The Bertz CT molecular complexity index is 490. The number of benzene rings is 1. The van der Waals surface area contributed by atoms with Crippen molar-refractivity contribution in [1.29, 1.82) is 0 Å². The van der Waals surface area contributed by atoms with Crippen LogP contribution in [0.3, 0.4) is 0 Å². The van der Waals surface area contributed by atoms with Crippen molar-refractivity contribution in [3.05, 3.63) is 28.2 Å². The fourth-order valence-electron chi connectivity index (χ4n) is 1.53. The van der Waals surface area contributed by atoms with E-state index in [4.69, 9.17) is 9.84 Å². The van der Waals surface area contributed by atoms with Crippen LogP contribution < -0.4 is 4.74 Å². The van der Waals surface area contributed by atoms with Crippen molar-refractivity contribution < 1.29 is 19.4 Å². The average Bonchev–Trinajstić information content (AvgIpc) is 2.30. The number of carboxylic acid groups (broad SMARTS) is 1. The molecule has 0 saturated heterocycles. The van der Waals surface area contributed by atoms with E-state index in [1.165, 1.54) is 7.05 Å². The Morgan fingerprint density at radius 1 is 1.47 bits per heavy atom. The minimum absolute atomic E-state index is 0.346. The molecule has 1 aromatic carbocycles. The normalized spacial score (nSPS) is 11.8. The highest BCUT2D eigenvalue weighted by atomic mass is 79.9. The molecule has 1 atom stereocenters.